The highest BCUT2D eigenvalue weighted by Crippen LogP contribution is 2.02. The maximum absolute atomic E-state index is 11.5. The number of carboxylic acids is 1. The van der Waals surface area contributed by atoms with E-state index in [1.54, 1.807) is 6.92 Å². The Morgan fingerprint density at radius 1 is 1.53 bits per heavy atom. The third-order valence-corrected chi connectivity index (χ3v) is 2.32. The molecule has 0 aromatic carbocycles. The van der Waals surface area contributed by atoms with Gasteiger partial charge in [-0.2, -0.15) is 5.21 Å². The molecule has 0 fully saturated rings. The zero-order chi connectivity index (χ0) is 14.3. The topological polar surface area (TPSA) is 142 Å². The van der Waals surface area contributed by atoms with Crippen LogP contribution in [-0.2, 0) is 9.53 Å². The van der Waals surface area contributed by atoms with E-state index < -0.39 is 24.1 Å². The van der Waals surface area contributed by atoms with Crippen molar-refractivity contribution in [1.82, 2.24) is 31.3 Å². The molecule has 0 spiro atoms. The van der Waals surface area contributed by atoms with Gasteiger partial charge >= 0.3 is 12.0 Å². The fraction of sp³-hybridized carbons (Fsp3) is 0.667. The third-order valence-electron chi connectivity index (χ3n) is 2.32. The fourth-order valence-electron chi connectivity index (χ4n) is 1.31. The Bertz CT molecular complexity index is 409. The van der Waals surface area contributed by atoms with Crippen LogP contribution in [0.25, 0.3) is 0 Å². The number of nitrogens with one attached hydrogen (secondary N) is 3. The van der Waals surface area contributed by atoms with Crippen LogP contribution in [0.15, 0.2) is 0 Å². The quantitative estimate of drug-likeness (QED) is 0.501. The predicted octanol–water partition coefficient (Wildman–Crippen LogP) is -0.950. The molecule has 0 aliphatic carbocycles. The van der Waals surface area contributed by atoms with Gasteiger partial charge in [0.2, 0.25) is 0 Å². The number of carboxylic acid groups (broad SMARTS) is 1. The van der Waals surface area contributed by atoms with Crippen LogP contribution >= 0.6 is 0 Å². The Kier molecular flexibility index (Phi) is 5.67. The van der Waals surface area contributed by atoms with E-state index in [4.69, 9.17) is 9.84 Å². The van der Waals surface area contributed by atoms with E-state index in [-0.39, 0.29) is 13.0 Å². The molecule has 0 saturated heterocycles. The van der Waals surface area contributed by atoms with Gasteiger partial charge in [-0.1, -0.05) is 5.21 Å². The van der Waals surface area contributed by atoms with E-state index in [0.29, 0.717) is 5.82 Å². The number of ether oxygens (including phenoxy) is 1. The second-order valence-corrected chi connectivity index (χ2v) is 3.80. The summed E-state index contributed by atoms with van der Waals surface area (Å²) in [7, 11) is 1.38. The maximum atomic E-state index is 11.5. The SMILES string of the molecule is COC(CNC(=O)NC(C)c1nn[nH]n1)CC(=O)O. The molecule has 1 heterocycles. The van der Waals surface area contributed by atoms with Crippen molar-refractivity contribution in [1.29, 1.82) is 0 Å². The van der Waals surface area contributed by atoms with Crippen molar-refractivity contribution < 1.29 is 19.4 Å². The molecule has 0 aliphatic heterocycles. The van der Waals surface area contributed by atoms with E-state index in [1.165, 1.54) is 7.11 Å². The summed E-state index contributed by atoms with van der Waals surface area (Å²) < 4.78 is 4.93. The average Bonchev–Trinajstić information content (AvgIpc) is 2.87. The minimum atomic E-state index is -0.991. The van der Waals surface area contributed by atoms with E-state index in [1.807, 2.05) is 0 Å². The van der Waals surface area contributed by atoms with Crippen molar-refractivity contribution >= 4 is 12.0 Å². The molecule has 2 atom stereocenters. The molecule has 0 bridgehead atoms. The van der Waals surface area contributed by atoms with Crippen molar-refractivity contribution in [3.8, 4) is 0 Å². The number of rotatable bonds is 7. The van der Waals surface area contributed by atoms with E-state index in [9.17, 15) is 9.59 Å². The van der Waals surface area contributed by atoms with Crippen molar-refractivity contribution in [2.75, 3.05) is 13.7 Å². The lowest BCUT2D eigenvalue weighted by molar-refractivity contribution is -0.139. The van der Waals surface area contributed by atoms with Gasteiger partial charge in [0.15, 0.2) is 5.82 Å². The molecule has 106 valence electrons. The number of hydrogen-bond donors (Lipinski definition) is 4. The van der Waals surface area contributed by atoms with E-state index in [0.717, 1.165) is 0 Å². The summed E-state index contributed by atoms with van der Waals surface area (Å²) in [6.45, 7) is 1.78. The summed E-state index contributed by atoms with van der Waals surface area (Å²) in [5, 5.41) is 26.8. The number of tetrazole rings is 1. The predicted molar refractivity (Wildman–Crippen MR) is 62.2 cm³/mol. The van der Waals surface area contributed by atoms with Gasteiger partial charge in [0.25, 0.3) is 0 Å². The fourth-order valence-corrected chi connectivity index (χ4v) is 1.31. The first-order chi connectivity index (χ1) is 9.02. The Balaban J connectivity index is 2.32. The second-order valence-electron chi connectivity index (χ2n) is 3.80. The largest absolute Gasteiger partial charge is 0.481 e. The highest BCUT2D eigenvalue weighted by molar-refractivity contribution is 5.74. The Morgan fingerprint density at radius 3 is 2.79 bits per heavy atom. The number of carbonyl (C=O) groups excluding carboxylic acids is 1. The zero-order valence-corrected chi connectivity index (χ0v) is 10.6. The number of aliphatic carboxylic acids is 1. The number of methoxy groups -OCH3 is 1. The Labute approximate surface area is 108 Å². The summed E-state index contributed by atoms with van der Waals surface area (Å²) in [6.07, 6.45) is -0.763. The van der Waals surface area contributed by atoms with Gasteiger partial charge in [-0.25, -0.2) is 4.79 Å². The van der Waals surface area contributed by atoms with Gasteiger partial charge in [-0.05, 0) is 6.92 Å². The van der Waals surface area contributed by atoms with Crippen LogP contribution in [-0.4, -0.2) is 57.5 Å². The van der Waals surface area contributed by atoms with Crippen LogP contribution in [0.5, 0.6) is 0 Å². The summed E-state index contributed by atoms with van der Waals surface area (Å²) >= 11 is 0. The van der Waals surface area contributed by atoms with Gasteiger partial charge < -0.3 is 20.5 Å². The van der Waals surface area contributed by atoms with Gasteiger partial charge in [0, 0.05) is 13.7 Å². The van der Waals surface area contributed by atoms with Gasteiger partial charge in [0.05, 0.1) is 18.6 Å². The maximum Gasteiger partial charge on any atom is 0.315 e. The van der Waals surface area contributed by atoms with E-state index in [2.05, 4.69) is 31.3 Å². The van der Waals surface area contributed by atoms with Gasteiger partial charge in [-0.3, -0.25) is 4.79 Å². The molecule has 0 aliphatic rings. The smallest absolute Gasteiger partial charge is 0.315 e. The lowest BCUT2D eigenvalue weighted by Crippen LogP contribution is -2.41. The highest BCUT2D eigenvalue weighted by atomic mass is 16.5. The summed E-state index contributed by atoms with van der Waals surface area (Å²) in [6, 6.07) is -0.885. The van der Waals surface area contributed by atoms with Crippen LogP contribution in [0.2, 0.25) is 0 Å². The molecular formula is C9H16N6O4. The van der Waals surface area contributed by atoms with Gasteiger partial charge in [-0.15, -0.1) is 10.2 Å². The van der Waals surface area contributed by atoms with Crippen molar-refractivity contribution in [2.24, 2.45) is 0 Å². The van der Waals surface area contributed by atoms with Crippen LogP contribution in [0, 0.1) is 0 Å². The molecule has 4 N–H and O–H groups in total. The molecule has 1 aromatic heterocycles. The number of aromatic amines is 1. The molecule has 1 aromatic rings. The van der Waals surface area contributed by atoms with E-state index >= 15 is 0 Å². The lowest BCUT2D eigenvalue weighted by atomic mass is 10.2. The minimum absolute atomic E-state index is 0.0909. The van der Waals surface area contributed by atoms with Crippen LogP contribution in [0.1, 0.15) is 25.2 Å². The molecule has 2 unspecified atom stereocenters. The molecule has 19 heavy (non-hydrogen) atoms. The first kappa shape index (κ1) is 14.8. The first-order valence-electron chi connectivity index (χ1n) is 5.55. The van der Waals surface area contributed by atoms with Crippen molar-refractivity contribution in [3.05, 3.63) is 5.82 Å². The zero-order valence-electron chi connectivity index (χ0n) is 10.6. The van der Waals surface area contributed by atoms with Gasteiger partial charge in [0.1, 0.15) is 0 Å². The molecule has 10 nitrogen and oxygen atoms in total. The average molecular weight is 272 g/mol. The van der Waals surface area contributed by atoms with Crippen molar-refractivity contribution in [3.63, 3.8) is 0 Å². The van der Waals surface area contributed by atoms with Crippen LogP contribution < -0.4 is 10.6 Å². The van der Waals surface area contributed by atoms with Crippen molar-refractivity contribution in [2.45, 2.75) is 25.5 Å². The number of nitrogens with zero attached hydrogens (tertiary/aromatic N) is 3. The Hall–Kier alpha value is -2.23. The summed E-state index contributed by atoms with van der Waals surface area (Å²) in [5.74, 6) is -0.641. The molecule has 1 rings (SSSR count). The van der Waals surface area contributed by atoms with Crippen LogP contribution in [0.3, 0.4) is 0 Å². The molecular weight excluding hydrogens is 256 g/mol. The Morgan fingerprint density at radius 2 is 2.26 bits per heavy atom. The number of hydrogen-bond acceptors (Lipinski definition) is 6. The van der Waals surface area contributed by atoms with Crippen LogP contribution in [0.4, 0.5) is 4.79 Å². The summed E-state index contributed by atoms with van der Waals surface area (Å²) in [5.41, 5.74) is 0. The number of amides is 2. The number of aromatic nitrogens is 4. The first-order valence-corrected chi connectivity index (χ1v) is 5.55. The number of H-pyrrole nitrogens is 1. The number of carbonyl (C=O) groups is 2. The summed E-state index contributed by atoms with van der Waals surface area (Å²) in [4.78, 5) is 22.1. The minimum Gasteiger partial charge on any atom is -0.481 e. The third kappa shape index (κ3) is 5.29. The molecule has 0 saturated carbocycles. The second kappa shape index (κ2) is 7.26. The molecule has 10 heteroatoms. The normalized spacial score (nSPS) is 13.6. The standard InChI is InChI=1S/C9H16N6O4/c1-5(8-12-14-15-13-8)11-9(18)10-4-6(19-2)3-7(16)17/h5-6H,3-4H2,1-2H3,(H,16,17)(H2,10,11,18)(H,12,13,14,15). The molecule has 2 amide bonds. The number of urea groups is 1. The molecule has 0 radical (unpaired) electrons. The highest BCUT2D eigenvalue weighted by Gasteiger charge is 2.16. The lowest BCUT2D eigenvalue weighted by Gasteiger charge is -2.15. The monoisotopic (exact) mass is 272 g/mol.